The Labute approximate surface area is 713 Å². The Kier molecular flexibility index (Phi) is 17.1. The normalized spacial score (nSPS) is 11.7. The zero-order chi connectivity index (χ0) is 81.7. The van der Waals surface area contributed by atoms with Crippen LogP contribution >= 0.6 is 0 Å². The van der Waals surface area contributed by atoms with Gasteiger partial charge >= 0.3 is 0 Å². The minimum Gasteiger partial charge on any atom is -0.309 e. The van der Waals surface area contributed by atoms with Crippen LogP contribution in [0.4, 0.5) is 0 Å². The van der Waals surface area contributed by atoms with Crippen LogP contribution in [0.2, 0.25) is 0 Å². The van der Waals surface area contributed by atoms with Gasteiger partial charge in [0.2, 0.25) is 0 Å². The van der Waals surface area contributed by atoms with Gasteiger partial charge in [0.25, 0.3) is 0 Å². The summed E-state index contributed by atoms with van der Waals surface area (Å²) >= 11 is 0. The van der Waals surface area contributed by atoms with Gasteiger partial charge in [-0.15, -0.1) is 0 Å². The van der Waals surface area contributed by atoms with Crippen molar-refractivity contribution in [2.75, 3.05) is 0 Å². The number of benzene rings is 17. The molecular weight excluding hydrogens is 1510 g/mol. The molecule has 0 spiro atoms. The van der Waals surface area contributed by atoms with E-state index in [1.54, 1.807) is 0 Å². The average Bonchev–Trinajstić information content (AvgIpc) is 1.59. The summed E-state index contributed by atoms with van der Waals surface area (Å²) in [6, 6.07) is 162. The molecule has 9 heterocycles. The maximum atomic E-state index is 5.32. The van der Waals surface area contributed by atoms with E-state index in [1.165, 1.54) is 103 Å². The molecule has 0 saturated carbocycles. The van der Waals surface area contributed by atoms with Crippen LogP contribution in [0, 0.1) is 0 Å². The molecule has 9 aromatic heterocycles. The molecule has 0 atom stereocenters. The van der Waals surface area contributed by atoms with Crippen molar-refractivity contribution in [2.45, 2.75) is 0 Å². The molecule has 26 aromatic rings. The molecule has 0 bridgehead atoms. The fourth-order valence-corrected chi connectivity index (χ4v) is 19.1. The number of para-hydroxylation sites is 10. The number of aromatic nitrogens is 9. The lowest BCUT2D eigenvalue weighted by Crippen LogP contribution is -1.96. The van der Waals surface area contributed by atoms with E-state index in [4.69, 9.17) is 15.0 Å². The third-order valence-corrected chi connectivity index (χ3v) is 24.8. The number of hydrogen-bond donors (Lipinski definition) is 0. The van der Waals surface area contributed by atoms with Gasteiger partial charge in [0, 0.05) is 115 Å². The van der Waals surface area contributed by atoms with Gasteiger partial charge in [-0.2, -0.15) is 0 Å². The van der Waals surface area contributed by atoms with E-state index in [1.807, 2.05) is 0 Å². The molecule has 0 saturated heterocycles. The van der Waals surface area contributed by atoms with Crippen molar-refractivity contribution >= 4 is 142 Å². The highest BCUT2D eigenvalue weighted by Crippen LogP contribution is 2.43. The van der Waals surface area contributed by atoms with E-state index in [2.05, 4.69) is 482 Å². The smallest absolute Gasteiger partial charge is 0.146 e. The Morgan fingerprint density at radius 2 is 0.363 bits per heavy atom. The molecule has 124 heavy (non-hydrogen) atoms. The Bertz CT molecular complexity index is 8500. The summed E-state index contributed by atoms with van der Waals surface area (Å²) in [5, 5.41) is 17.0. The van der Waals surface area contributed by atoms with Crippen molar-refractivity contribution in [3.63, 3.8) is 0 Å². The molecule has 26 rings (SSSR count). The van der Waals surface area contributed by atoms with E-state index in [9.17, 15) is 0 Å². The molecule has 0 aliphatic heterocycles. The standard InChI is InChI=1S/C41H27N3.C39H25N3.C35H23N3/c1-3-11-28(12-4-1)29-19-22-32(23-20-29)43-38-17-9-7-15-33(38)35-24-21-30(27-40(35)43)37-26-25-36-34-16-8-10-18-39(34)44(41(36)42-37)31-13-5-2-6-14-31;1-2-12-29(13-3-1)42-37-17-9-7-15-32(37)34-22-23-35(40-39(34)42)28-19-21-33-31-14-6-8-16-36(31)41(38(33)25-28)30-20-18-26-10-4-5-11-27(26)24-30;1-3-11-25(12-4-1)37-32-17-9-7-15-27(32)29-20-19-24(23-34(29)37)31-22-21-30-28-16-8-10-18-33(28)38(35(30)36-31)26-13-5-2-6-14-26/h1-27H;1-25H;1-23H. The molecule has 0 unspecified atom stereocenters. The predicted molar refractivity (Wildman–Crippen MR) is 518 cm³/mol. The zero-order valence-electron chi connectivity index (χ0n) is 67.3. The molecule has 17 aromatic carbocycles. The van der Waals surface area contributed by atoms with Gasteiger partial charge in [0.1, 0.15) is 16.9 Å². The van der Waals surface area contributed by atoms with Crippen LogP contribution in [0.1, 0.15) is 0 Å². The highest BCUT2D eigenvalue weighted by Gasteiger charge is 2.23. The summed E-state index contributed by atoms with van der Waals surface area (Å²) in [6.45, 7) is 0. The summed E-state index contributed by atoms with van der Waals surface area (Å²) in [7, 11) is 0. The highest BCUT2D eigenvalue weighted by atomic mass is 15.1. The second kappa shape index (κ2) is 29.6. The maximum Gasteiger partial charge on any atom is 0.146 e. The van der Waals surface area contributed by atoms with Crippen LogP contribution < -0.4 is 0 Å². The van der Waals surface area contributed by atoms with E-state index in [0.717, 1.165) is 118 Å². The van der Waals surface area contributed by atoms with Crippen LogP contribution in [-0.4, -0.2) is 42.4 Å². The first-order valence-electron chi connectivity index (χ1n) is 42.2. The SMILES string of the molecule is c1ccc(-c2ccc(-n3c4ccccc4c4ccc(-c5ccc6c7ccccc7n(-c7ccccc7)c6n5)cc43)cc2)cc1.c1ccc(-n2c3ccccc3c3ccc(-c4ccc5c6ccccc6n(-c6ccc7ccccc7c6)c5c4)nc32)cc1.c1ccc(-n2c3ccccc3c3ccc(-c4ccc5c6ccccc6n(-c6ccccc6)c5n4)cc32)cc1. The fraction of sp³-hybridized carbons (Fsp3) is 0. The second-order valence-electron chi connectivity index (χ2n) is 31.8. The minimum atomic E-state index is 0.954. The van der Waals surface area contributed by atoms with E-state index in [-0.39, 0.29) is 0 Å². The number of nitrogens with zero attached hydrogens (tertiary/aromatic N) is 9. The third kappa shape index (κ3) is 12.0. The van der Waals surface area contributed by atoms with Gasteiger partial charge < -0.3 is 13.7 Å². The first kappa shape index (κ1) is 71.4. The lowest BCUT2D eigenvalue weighted by Gasteiger charge is -2.11. The zero-order valence-corrected chi connectivity index (χ0v) is 67.3. The van der Waals surface area contributed by atoms with Gasteiger partial charge in [-0.25, -0.2) is 15.0 Å². The molecule has 0 radical (unpaired) electrons. The molecule has 0 amide bonds. The molecule has 0 aliphatic carbocycles. The lowest BCUT2D eigenvalue weighted by molar-refractivity contribution is 1.14. The summed E-state index contributed by atoms with van der Waals surface area (Å²) in [6.07, 6.45) is 0. The van der Waals surface area contributed by atoms with Crippen molar-refractivity contribution in [3.8, 4) is 79.0 Å². The van der Waals surface area contributed by atoms with Gasteiger partial charge in [0.05, 0.1) is 66.7 Å². The largest absolute Gasteiger partial charge is 0.309 e. The van der Waals surface area contributed by atoms with E-state index in [0.29, 0.717) is 0 Å². The van der Waals surface area contributed by atoms with Crippen molar-refractivity contribution in [2.24, 2.45) is 0 Å². The Balaban J connectivity index is 0.000000105. The van der Waals surface area contributed by atoms with Crippen LogP contribution in [-0.2, 0) is 0 Å². The fourth-order valence-electron chi connectivity index (χ4n) is 19.1. The Morgan fingerprint density at radius 1 is 0.129 bits per heavy atom. The molecule has 0 fully saturated rings. The minimum absolute atomic E-state index is 0.954. The van der Waals surface area contributed by atoms with Crippen LogP contribution in [0.3, 0.4) is 0 Å². The molecule has 0 aliphatic rings. The van der Waals surface area contributed by atoms with Crippen LogP contribution in [0.25, 0.3) is 221 Å². The van der Waals surface area contributed by atoms with Crippen molar-refractivity contribution in [1.82, 2.24) is 42.4 Å². The van der Waals surface area contributed by atoms with Gasteiger partial charge in [0.15, 0.2) is 0 Å². The number of pyridine rings is 3. The van der Waals surface area contributed by atoms with Crippen LogP contribution in [0.15, 0.2) is 455 Å². The number of rotatable bonds is 10. The molecule has 9 heteroatoms. The lowest BCUT2D eigenvalue weighted by atomic mass is 10.1. The molecule has 0 N–H and O–H groups in total. The molecule has 580 valence electrons. The topological polar surface area (TPSA) is 68.2 Å². The first-order valence-corrected chi connectivity index (χ1v) is 42.2. The Morgan fingerprint density at radius 3 is 0.718 bits per heavy atom. The molecule has 9 nitrogen and oxygen atoms in total. The van der Waals surface area contributed by atoms with Crippen molar-refractivity contribution < 1.29 is 0 Å². The predicted octanol–water partition coefficient (Wildman–Crippen LogP) is 29.6. The average molecular weight is 1580 g/mol. The van der Waals surface area contributed by atoms with Gasteiger partial charge in [-0.3, -0.25) is 13.7 Å². The summed E-state index contributed by atoms with van der Waals surface area (Å²) in [4.78, 5) is 15.9. The number of hydrogen-bond acceptors (Lipinski definition) is 3. The van der Waals surface area contributed by atoms with Crippen molar-refractivity contribution in [1.29, 1.82) is 0 Å². The maximum absolute atomic E-state index is 5.32. The van der Waals surface area contributed by atoms with Crippen LogP contribution in [0.5, 0.6) is 0 Å². The summed E-state index contributed by atoms with van der Waals surface area (Å²) in [5.74, 6) is 0. The first-order chi connectivity index (χ1) is 61.5. The monoisotopic (exact) mass is 1580 g/mol. The van der Waals surface area contributed by atoms with Gasteiger partial charge in [-0.1, -0.05) is 291 Å². The second-order valence-corrected chi connectivity index (χ2v) is 31.8. The summed E-state index contributed by atoms with van der Waals surface area (Å²) < 4.78 is 13.9. The quantitative estimate of drug-likeness (QED) is 0.137. The van der Waals surface area contributed by atoms with E-state index < -0.39 is 0 Å². The van der Waals surface area contributed by atoms with Gasteiger partial charge in [-0.05, 0) is 186 Å². The third-order valence-electron chi connectivity index (χ3n) is 24.8. The Hall–Kier alpha value is -16.8. The summed E-state index contributed by atoms with van der Waals surface area (Å²) in [5.41, 5.74) is 28.9. The van der Waals surface area contributed by atoms with E-state index >= 15 is 0 Å². The van der Waals surface area contributed by atoms with Crippen molar-refractivity contribution in [3.05, 3.63) is 455 Å². The molecular formula is C115H75N9. The number of fused-ring (bicyclic) bond motifs is 19. The highest BCUT2D eigenvalue weighted by molar-refractivity contribution is 6.15.